The van der Waals surface area contributed by atoms with E-state index in [1.807, 2.05) is 19.1 Å². The summed E-state index contributed by atoms with van der Waals surface area (Å²) in [6, 6.07) is 18.7. The quantitative estimate of drug-likeness (QED) is 0.206. The summed E-state index contributed by atoms with van der Waals surface area (Å²) in [7, 11) is 3.03. The van der Waals surface area contributed by atoms with Crippen molar-refractivity contribution >= 4 is 23.1 Å². The lowest BCUT2D eigenvalue weighted by Crippen LogP contribution is -2.29. The first kappa shape index (κ1) is 27.8. The van der Waals surface area contributed by atoms with Gasteiger partial charge in [0.2, 0.25) is 0 Å². The highest BCUT2D eigenvalue weighted by atomic mass is 16.5. The van der Waals surface area contributed by atoms with E-state index in [2.05, 4.69) is 20.8 Å². The SMILES string of the molecule is CCCOc1cccc(N2C(=O)C(=O)/C(=C(/O)c3cc(C(C)(C)C)ccc3OC)C2c2ccccc2OC)c1. The molecule has 1 atom stereocenters. The molecule has 1 amide bonds. The first-order valence-corrected chi connectivity index (χ1v) is 13.0. The van der Waals surface area contributed by atoms with Gasteiger partial charge in [0.05, 0.1) is 38.0 Å². The Balaban J connectivity index is 1.99. The zero-order valence-corrected chi connectivity index (χ0v) is 23.3. The maximum atomic E-state index is 13.7. The van der Waals surface area contributed by atoms with E-state index in [9.17, 15) is 14.7 Å². The zero-order chi connectivity index (χ0) is 28.3. The Bertz CT molecular complexity index is 1420. The molecule has 0 radical (unpaired) electrons. The number of carbonyl (C=O) groups is 2. The van der Waals surface area contributed by atoms with Gasteiger partial charge in [0, 0.05) is 17.3 Å². The minimum atomic E-state index is -0.953. The van der Waals surface area contributed by atoms with Crippen LogP contribution >= 0.6 is 0 Å². The van der Waals surface area contributed by atoms with E-state index in [-0.39, 0.29) is 16.7 Å². The Morgan fingerprint density at radius 1 is 0.923 bits per heavy atom. The third kappa shape index (κ3) is 5.35. The standard InChI is InChI=1S/C32H35NO6/c1-7-17-39-22-12-10-11-21(19-22)33-28(23-13-8-9-14-25(23)37-5)27(30(35)31(33)36)29(34)24-18-20(32(2,3)4)15-16-26(24)38-6/h8-16,18-19,28,34H,7,17H2,1-6H3/b29-27+. The predicted molar refractivity (Wildman–Crippen MR) is 152 cm³/mol. The number of aliphatic hydroxyl groups is 1. The molecule has 7 heteroatoms. The van der Waals surface area contributed by atoms with Crippen LogP contribution in [0.4, 0.5) is 5.69 Å². The molecule has 1 saturated heterocycles. The fourth-order valence-electron chi connectivity index (χ4n) is 4.73. The van der Waals surface area contributed by atoms with Crippen LogP contribution in [-0.4, -0.2) is 37.6 Å². The Hall–Kier alpha value is -4.26. The Morgan fingerprint density at radius 2 is 1.64 bits per heavy atom. The van der Waals surface area contributed by atoms with Crippen molar-refractivity contribution in [2.24, 2.45) is 0 Å². The summed E-state index contributed by atoms with van der Waals surface area (Å²) in [4.78, 5) is 28.8. The van der Waals surface area contributed by atoms with Gasteiger partial charge in [-0.15, -0.1) is 0 Å². The number of ether oxygens (including phenoxy) is 3. The van der Waals surface area contributed by atoms with Gasteiger partial charge in [0.1, 0.15) is 23.0 Å². The van der Waals surface area contributed by atoms with Crippen molar-refractivity contribution in [3.05, 3.63) is 89.0 Å². The van der Waals surface area contributed by atoms with Crippen molar-refractivity contribution in [3.8, 4) is 17.2 Å². The molecule has 39 heavy (non-hydrogen) atoms. The van der Waals surface area contributed by atoms with Crippen molar-refractivity contribution in [2.75, 3.05) is 25.7 Å². The fourth-order valence-corrected chi connectivity index (χ4v) is 4.73. The van der Waals surface area contributed by atoms with E-state index in [1.54, 1.807) is 54.6 Å². The average molecular weight is 530 g/mol. The second-order valence-electron chi connectivity index (χ2n) is 10.4. The van der Waals surface area contributed by atoms with Crippen LogP contribution in [-0.2, 0) is 15.0 Å². The summed E-state index contributed by atoms with van der Waals surface area (Å²) in [6.45, 7) is 8.69. The maximum Gasteiger partial charge on any atom is 0.300 e. The maximum absolute atomic E-state index is 13.7. The summed E-state index contributed by atoms with van der Waals surface area (Å²) in [6.07, 6.45) is 0.825. The molecule has 1 fully saturated rings. The molecule has 0 bridgehead atoms. The molecule has 4 rings (SSSR count). The molecule has 0 saturated carbocycles. The van der Waals surface area contributed by atoms with Crippen LogP contribution in [0.1, 0.15) is 56.8 Å². The van der Waals surface area contributed by atoms with E-state index >= 15 is 0 Å². The van der Waals surface area contributed by atoms with E-state index in [1.165, 1.54) is 19.1 Å². The molecule has 7 nitrogen and oxygen atoms in total. The van der Waals surface area contributed by atoms with Crippen molar-refractivity contribution in [1.82, 2.24) is 0 Å². The summed E-state index contributed by atoms with van der Waals surface area (Å²) < 4.78 is 17.0. The molecule has 0 aliphatic carbocycles. The number of Topliss-reactive ketones (excluding diaryl/α,β-unsaturated/α-hetero) is 1. The number of aliphatic hydroxyl groups excluding tert-OH is 1. The lowest BCUT2D eigenvalue weighted by atomic mass is 9.85. The van der Waals surface area contributed by atoms with Crippen LogP contribution in [0.2, 0.25) is 0 Å². The second-order valence-corrected chi connectivity index (χ2v) is 10.4. The van der Waals surface area contributed by atoms with Gasteiger partial charge in [-0.1, -0.05) is 58.0 Å². The van der Waals surface area contributed by atoms with E-state index in [0.29, 0.717) is 40.7 Å². The van der Waals surface area contributed by atoms with Crippen molar-refractivity contribution in [2.45, 2.75) is 45.6 Å². The van der Waals surface area contributed by atoms with Crippen molar-refractivity contribution in [1.29, 1.82) is 0 Å². The number of ketones is 1. The van der Waals surface area contributed by atoms with Gasteiger partial charge < -0.3 is 19.3 Å². The summed E-state index contributed by atoms with van der Waals surface area (Å²) in [5.41, 5.74) is 2.03. The van der Waals surface area contributed by atoms with Crippen LogP contribution in [0.25, 0.3) is 5.76 Å². The molecular formula is C32H35NO6. The molecule has 1 unspecified atom stereocenters. The molecule has 0 spiro atoms. The topological polar surface area (TPSA) is 85.3 Å². The number of carbonyl (C=O) groups excluding carboxylic acids is 2. The lowest BCUT2D eigenvalue weighted by molar-refractivity contribution is -0.132. The third-order valence-electron chi connectivity index (χ3n) is 6.77. The number of hydrogen-bond donors (Lipinski definition) is 1. The number of hydrogen-bond acceptors (Lipinski definition) is 6. The van der Waals surface area contributed by atoms with Gasteiger partial charge in [0.25, 0.3) is 11.7 Å². The van der Waals surface area contributed by atoms with Crippen LogP contribution in [0.3, 0.4) is 0 Å². The molecule has 3 aromatic rings. The smallest absolute Gasteiger partial charge is 0.300 e. The number of anilines is 1. The van der Waals surface area contributed by atoms with Crippen LogP contribution in [0, 0.1) is 0 Å². The number of amides is 1. The normalized spacial score (nSPS) is 16.9. The first-order chi connectivity index (χ1) is 18.6. The van der Waals surface area contributed by atoms with Gasteiger partial charge in [0.15, 0.2) is 0 Å². The summed E-state index contributed by atoms with van der Waals surface area (Å²) >= 11 is 0. The summed E-state index contributed by atoms with van der Waals surface area (Å²) in [5, 5.41) is 11.8. The highest BCUT2D eigenvalue weighted by molar-refractivity contribution is 6.51. The third-order valence-corrected chi connectivity index (χ3v) is 6.77. The Labute approximate surface area is 229 Å². The molecule has 3 aromatic carbocycles. The first-order valence-electron chi connectivity index (χ1n) is 13.0. The Kier molecular flexibility index (Phi) is 8.00. The number of para-hydroxylation sites is 1. The van der Waals surface area contributed by atoms with Gasteiger partial charge in [-0.25, -0.2) is 0 Å². The summed E-state index contributed by atoms with van der Waals surface area (Å²) in [5.74, 6) is -0.422. The molecular weight excluding hydrogens is 494 g/mol. The van der Waals surface area contributed by atoms with E-state index < -0.39 is 17.7 Å². The number of rotatable bonds is 8. The van der Waals surface area contributed by atoms with E-state index in [4.69, 9.17) is 14.2 Å². The molecule has 1 aliphatic rings. The lowest BCUT2D eigenvalue weighted by Gasteiger charge is -2.27. The zero-order valence-electron chi connectivity index (χ0n) is 23.3. The van der Waals surface area contributed by atoms with Gasteiger partial charge in [-0.3, -0.25) is 14.5 Å². The minimum Gasteiger partial charge on any atom is -0.507 e. The minimum absolute atomic E-state index is 0.0475. The number of benzene rings is 3. The largest absolute Gasteiger partial charge is 0.507 e. The van der Waals surface area contributed by atoms with Gasteiger partial charge in [-0.05, 0) is 47.7 Å². The van der Waals surface area contributed by atoms with Gasteiger partial charge >= 0.3 is 0 Å². The molecule has 204 valence electrons. The van der Waals surface area contributed by atoms with Gasteiger partial charge in [-0.2, -0.15) is 0 Å². The second kappa shape index (κ2) is 11.2. The average Bonchev–Trinajstić information content (AvgIpc) is 3.20. The van der Waals surface area contributed by atoms with Crippen molar-refractivity contribution in [3.63, 3.8) is 0 Å². The van der Waals surface area contributed by atoms with Crippen LogP contribution < -0.4 is 19.1 Å². The van der Waals surface area contributed by atoms with Crippen molar-refractivity contribution < 1.29 is 28.9 Å². The predicted octanol–water partition coefficient (Wildman–Crippen LogP) is 6.42. The number of methoxy groups -OCH3 is 2. The van der Waals surface area contributed by atoms with Crippen LogP contribution in [0.15, 0.2) is 72.3 Å². The Morgan fingerprint density at radius 3 is 2.31 bits per heavy atom. The molecule has 1 heterocycles. The van der Waals surface area contributed by atoms with E-state index in [0.717, 1.165) is 12.0 Å². The molecule has 1 aliphatic heterocycles. The number of nitrogens with zero attached hydrogens (tertiary/aromatic N) is 1. The van der Waals surface area contributed by atoms with Crippen LogP contribution in [0.5, 0.6) is 17.2 Å². The fraction of sp³-hybridized carbons (Fsp3) is 0.312. The molecule has 0 aromatic heterocycles. The molecule has 1 N–H and O–H groups in total. The monoisotopic (exact) mass is 529 g/mol. The highest BCUT2D eigenvalue weighted by Gasteiger charge is 2.48. The highest BCUT2D eigenvalue weighted by Crippen LogP contribution is 2.46.